The lowest BCUT2D eigenvalue weighted by atomic mass is 9.85. The van der Waals surface area contributed by atoms with Crippen molar-refractivity contribution < 1.29 is 4.39 Å². The van der Waals surface area contributed by atoms with Crippen LogP contribution in [0.5, 0.6) is 0 Å². The van der Waals surface area contributed by atoms with Gasteiger partial charge >= 0.3 is 0 Å². The van der Waals surface area contributed by atoms with Crippen LogP contribution in [0.15, 0.2) is 22.7 Å². The van der Waals surface area contributed by atoms with Gasteiger partial charge in [-0.1, -0.05) is 39.8 Å². The maximum Gasteiger partial charge on any atom is 0.142 e. The van der Waals surface area contributed by atoms with Crippen LogP contribution < -0.4 is 5.32 Å². The first kappa shape index (κ1) is 14.7. The Bertz CT molecular complexity index is 371. The van der Waals surface area contributed by atoms with Crippen LogP contribution in [0.3, 0.4) is 0 Å². The predicted molar refractivity (Wildman–Crippen MR) is 74.6 cm³/mol. The summed E-state index contributed by atoms with van der Waals surface area (Å²) in [4.78, 5) is 0. The minimum atomic E-state index is -0.150. The van der Waals surface area contributed by atoms with Crippen LogP contribution >= 0.6 is 15.9 Å². The number of hydrogen-bond acceptors (Lipinski definition) is 1. The second-order valence-electron chi connectivity index (χ2n) is 5.52. The minimum Gasteiger partial charge on any atom is -0.310 e. The molecule has 0 spiro atoms. The van der Waals surface area contributed by atoms with Crippen LogP contribution in [0.2, 0.25) is 0 Å². The number of hydrogen-bond donors (Lipinski definition) is 1. The molecular formula is C14H21BrFN. The summed E-state index contributed by atoms with van der Waals surface area (Å²) in [6.45, 7) is 9.41. The van der Waals surface area contributed by atoms with E-state index in [1.807, 2.05) is 19.1 Å². The molecule has 1 aromatic rings. The van der Waals surface area contributed by atoms with Gasteiger partial charge in [0, 0.05) is 11.6 Å². The fraction of sp³-hybridized carbons (Fsp3) is 0.571. The van der Waals surface area contributed by atoms with Crippen molar-refractivity contribution in [2.45, 2.75) is 40.2 Å². The summed E-state index contributed by atoms with van der Waals surface area (Å²) in [5, 5.41) is 3.36. The lowest BCUT2D eigenvalue weighted by molar-refractivity contribution is 0.309. The Kier molecular flexibility index (Phi) is 5.14. The van der Waals surface area contributed by atoms with Gasteiger partial charge in [0.25, 0.3) is 0 Å². The van der Waals surface area contributed by atoms with E-state index in [1.54, 1.807) is 6.07 Å². The molecule has 0 heterocycles. The van der Waals surface area contributed by atoms with Crippen LogP contribution in [0.1, 0.15) is 45.7 Å². The summed E-state index contributed by atoms with van der Waals surface area (Å²) in [5.74, 6) is -0.150. The second kappa shape index (κ2) is 5.96. The van der Waals surface area contributed by atoms with Gasteiger partial charge in [0.15, 0.2) is 0 Å². The van der Waals surface area contributed by atoms with Gasteiger partial charge in [-0.05, 0) is 40.4 Å². The average molecular weight is 302 g/mol. The molecule has 96 valence electrons. The molecule has 1 unspecified atom stereocenters. The van der Waals surface area contributed by atoms with Gasteiger partial charge in [0.1, 0.15) is 5.82 Å². The van der Waals surface area contributed by atoms with Crippen LogP contribution in [0, 0.1) is 11.2 Å². The lowest BCUT2D eigenvalue weighted by Gasteiger charge is -2.27. The van der Waals surface area contributed by atoms with Crippen LogP contribution in [-0.2, 0) is 0 Å². The van der Waals surface area contributed by atoms with Crippen LogP contribution in [0.25, 0.3) is 0 Å². The molecule has 1 aromatic carbocycles. The molecule has 0 saturated carbocycles. The zero-order chi connectivity index (χ0) is 13.1. The van der Waals surface area contributed by atoms with Gasteiger partial charge in [-0.15, -0.1) is 0 Å². The van der Waals surface area contributed by atoms with Gasteiger partial charge in [-0.2, -0.15) is 0 Å². The summed E-state index contributed by atoms with van der Waals surface area (Å²) in [6.07, 6.45) is 0.911. The average Bonchev–Trinajstić information content (AvgIpc) is 2.19. The van der Waals surface area contributed by atoms with Gasteiger partial charge in [-0.3, -0.25) is 0 Å². The third kappa shape index (κ3) is 4.40. The zero-order valence-corrected chi connectivity index (χ0v) is 12.6. The Morgan fingerprint density at radius 3 is 2.53 bits per heavy atom. The highest BCUT2D eigenvalue weighted by Gasteiger charge is 2.22. The molecule has 0 saturated heterocycles. The fourth-order valence-corrected chi connectivity index (χ4v) is 2.32. The third-order valence-corrected chi connectivity index (χ3v) is 3.24. The summed E-state index contributed by atoms with van der Waals surface area (Å²) < 4.78 is 14.6. The molecule has 0 aliphatic heterocycles. The summed E-state index contributed by atoms with van der Waals surface area (Å²) in [5.41, 5.74) is 0.915. The maximum atomic E-state index is 14.1. The van der Waals surface area contributed by atoms with Crippen LogP contribution in [0.4, 0.5) is 4.39 Å². The van der Waals surface area contributed by atoms with Crippen molar-refractivity contribution in [3.63, 3.8) is 0 Å². The molecule has 1 nitrogen and oxygen atoms in total. The molecule has 0 aromatic heterocycles. The van der Waals surface area contributed by atoms with Gasteiger partial charge in [0.05, 0.1) is 4.47 Å². The van der Waals surface area contributed by atoms with Crippen molar-refractivity contribution >= 4 is 15.9 Å². The Hall–Kier alpha value is -0.410. The summed E-state index contributed by atoms with van der Waals surface area (Å²) in [7, 11) is 0. The SMILES string of the molecule is CCNC(CC(C)(C)C)c1cccc(Br)c1F. The highest BCUT2D eigenvalue weighted by atomic mass is 79.9. The highest BCUT2D eigenvalue weighted by molar-refractivity contribution is 9.10. The van der Waals surface area contributed by atoms with E-state index in [9.17, 15) is 4.39 Å². The van der Waals surface area contributed by atoms with Crippen molar-refractivity contribution in [1.82, 2.24) is 5.32 Å². The lowest BCUT2D eigenvalue weighted by Crippen LogP contribution is -2.26. The zero-order valence-electron chi connectivity index (χ0n) is 11.0. The van der Waals surface area contributed by atoms with Gasteiger partial charge in [-0.25, -0.2) is 4.39 Å². The highest BCUT2D eigenvalue weighted by Crippen LogP contribution is 2.32. The summed E-state index contributed by atoms with van der Waals surface area (Å²) in [6, 6.07) is 5.55. The van der Waals surface area contributed by atoms with E-state index < -0.39 is 0 Å². The quantitative estimate of drug-likeness (QED) is 0.852. The predicted octanol–water partition coefficient (Wildman–Crippen LogP) is 4.68. The Morgan fingerprint density at radius 1 is 1.35 bits per heavy atom. The van der Waals surface area contributed by atoms with Crippen LogP contribution in [-0.4, -0.2) is 6.54 Å². The first-order chi connectivity index (χ1) is 7.85. The molecule has 0 bridgehead atoms. The van der Waals surface area contributed by atoms with E-state index >= 15 is 0 Å². The Morgan fingerprint density at radius 2 is 2.00 bits per heavy atom. The number of rotatable bonds is 4. The number of benzene rings is 1. The maximum absolute atomic E-state index is 14.1. The van der Waals surface area contributed by atoms with Crippen molar-refractivity contribution in [2.75, 3.05) is 6.54 Å². The second-order valence-corrected chi connectivity index (χ2v) is 6.37. The molecular weight excluding hydrogens is 281 g/mol. The molecule has 1 rings (SSSR count). The van der Waals surface area contributed by atoms with Crippen molar-refractivity contribution in [1.29, 1.82) is 0 Å². The molecule has 0 amide bonds. The summed E-state index contributed by atoms with van der Waals surface area (Å²) >= 11 is 3.24. The molecule has 0 radical (unpaired) electrons. The Labute approximate surface area is 112 Å². The molecule has 0 fully saturated rings. The van der Waals surface area contributed by atoms with E-state index in [0.29, 0.717) is 4.47 Å². The van der Waals surface area contributed by atoms with E-state index in [2.05, 4.69) is 42.0 Å². The minimum absolute atomic E-state index is 0.0671. The van der Waals surface area contributed by atoms with Crippen molar-refractivity contribution in [2.24, 2.45) is 5.41 Å². The molecule has 17 heavy (non-hydrogen) atoms. The van der Waals surface area contributed by atoms with E-state index in [1.165, 1.54) is 0 Å². The monoisotopic (exact) mass is 301 g/mol. The van der Waals surface area contributed by atoms with E-state index in [-0.39, 0.29) is 17.3 Å². The number of nitrogens with one attached hydrogen (secondary N) is 1. The van der Waals surface area contributed by atoms with Crippen molar-refractivity contribution in [3.8, 4) is 0 Å². The molecule has 0 aliphatic carbocycles. The van der Waals surface area contributed by atoms with E-state index in [0.717, 1.165) is 18.5 Å². The smallest absolute Gasteiger partial charge is 0.142 e. The van der Waals surface area contributed by atoms with Crippen molar-refractivity contribution in [3.05, 3.63) is 34.1 Å². The first-order valence-electron chi connectivity index (χ1n) is 6.02. The van der Waals surface area contributed by atoms with Gasteiger partial charge in [0.2, 0.25) is 0 Å². The Balaban J connectivity index is 3.01. The first-order valence-corrected chi connectivity index (χ1v) is 6.81. The fourth-order valence-electron chi connectivity index (χ4n) is 1.94. The largest absolute Gasteiger partial charge is 0.310 e. The molecule has 1 N–H and O–H groups in total. The molecule has 3 heteroatoms. The third-order valence-electron chi connectivity index (χ3n) is 2.62. The molecule has 1 atom stereocenters. The number of halogens is 2. The molecule has 0 aliphatic rings. The normalized spacial score (nSPS) is 13.8. The van der Waals surface area contributed by atoms with Gasteiger partial charge < -0.3 is 5.32 Å². The standard InChI is InChI=1S/C14H21BrFN/c1-5-17-12(9-14(2,3)4)10-7-6-8-11(15)13(10)16/h6-8,12,17H,5,9H2,1-4H3. The topological polar surface area (TPSA) is 12.0 Å². The van der Waals surface area contributed by atoms with E-state index in [4.69, 9.17) is 0 Å².